The molecular weight excluding hydrogens is 384 g/mol. The van der Waals surface area contributed by atoms with Crippen LogP contribution in [0.5, 0.6) is 0 Å². The van der Waals surface area contributed by atoms with Crippen LogP contribution >= 0.6 is 0 Å². The van der Waals surface area contributed by atoms with Crippen LogP contribution in [0, 0.1) is 10.8 Å². The van der Waals surface area contributed by atoms with Crippen LogP contribution in [0.25, 0.3) is 0 Å². The molecule has 0 aliphatic heterocycles. The molecule has 0 unspecified atom stereocenters. The normalized spacial score (nSPS) is 12.5. The van der Waals surface area contributed by atoms with E-state index in [0.29, 0.717) is 12.8 Å². The van der Waals surface area contributed by atoms with Crippen LogP contribution < -0.4 is 0 Å². The van der Waals surface area contributed by atoms with Gasteiger partial charge in [-0.05, 0) is 41.9 Å². The molecule has 28 heavy (non-hydrogen) atoms. The van der Waals surface area contributed by atoms with E-state index in [1.165, 1.54) is 6.07 Å². The van der Waals surface area contributed by atoms with Gasteiger partial charge in [0, 0.05) is 0 Å². The van der Waals surface area contributed by atoms with Crippen molar-refractivity contribution in [2.75, 3.05) is 13.2 Å². The van der Waals surface area contributed by atoms with Crippen molar-refractivity contribution in [2.45, 2.75) is 59.3 Å². The highest BCUT2D eigenvalue weighted by atomic mass is 32.2. The molecule has 0 amide bonds. The van der Waals surface area contributed by atoms with Crippen molar-refractivity contribution in [1.29, 1.82) is 0 Å². The highest BCUT2D eigenvalue weighted by Crippen LogP contribution is 2.22. The summed E-state index contributed by atoms with van der Waals surface area (Å²) in [5.74, 6) is -1.62. The van der Waals surface area contributed by atoms with E-state index < -0.39 is 27.0 Å². The van der Waals surface area contributed by atoms with Crippen molar-refractivity contribution in [2.24, 2.45) is 10.8 Å². The Morgan fingerprint density at radius 3 is 1.79 bits per heavy atom. The van der Waals surface area contributed by atoms with Gasteiger partial charge >= 0.3 is 11.9 Å². The average molecular weight is 415 g/mol. The summed E-state index contributed by atoms with van der Waals surface area (Å²) in [6.45, 7) is 12.2. The van der Waals surface area contributed by atoms with E-state index in [9.17, 15) is 22.6 Å². The molecule has 0 radical (unpaired) electrons. The minimum absolute atomic E-state index is 0.0272. The van der Waals surface area contributed by atoms with Crippen molar-refractivity contribution < 1.29 is 32.0 Å². The van der Waals surface area contributed by atoms with Crippen molar-refractivity contribution in [1.82, 2.24) is 0 Å². The highest BCUT2D eigenvalue weighted by Gasteiger charge is 2.25. The second kappa shape index (κ2) is 9.05. The fourth-order valence-electron chi connectivity index (χ4n) is 2.09. The Morgan fingerprint density at radius 1 is 0.893 bits per heavy atom. The predicted molar refractivity (Wildman–Crippen MR) is 105 cm³/mol. The number of hydrogen-bond acceptors (Lipinski definition) is 6. The average Bonchev–Trinajstić information content (AvgIpc) is 2.50. The Bertz CT molecular complexity index is 812. The van der Waals surface area contributed by atoms with Gasteiger partial charge in [-0.25, -0.2) is 9.59 Å². The van der Waals surface area contributed by atoms with Crippen LogP contribution in [-0.2, 0) is 19.6 Å². The minimum atomic E-state index is -4.74. The molecule has 158 valence electrons. The first-order valence-corrected chi connectivity index (χ1v) is 10.5. The predicted octanol–water partition coefficient (Wildman–Crippen LogP) is 4.12. The molecule has 0 saturated carbocycles. The Hall–Kier alpha value is -1.93. The molecule has 0 fully saturated rings. The number of rotatable bonds is 7. The number of carbonyl (C=O) groups excluding carboxylic acids is 2. The van der Waals surface area contributed by atoms with Gasteiger partial charge in [0.1, 0.15) is 4.90 Å². The second-order valence-electron chi connectivity index (χ2n) is 9.08. The molecule has 0 aliphatic rings. The molecule has 1 N–H and O–H groups in total. The zero-order valence-electron chi connectivity index (χ0n) is 17.4. The van der Waals surface area contributed by atoms with Crippen LogP contribution in [-0.4, -0.2) is 38.1 Å². The first kappa shape index (κ1) is 24.1. The number of hydrogen-bond donors (Lipinski definition) is 1. The molecule has 7 nitrogen and oxygen atoms in total. The first-order chi connectivity index (χ1) is 12.6. The van der Waals surface area contributed by atoms with E-state index in [4.69, 9.17) is 9.47 Å². The largest absolute Gasteiger partial charge is 0.462 e. The zero-order chi connectivity index (χ0) is 21.8. The van der Waals surface area contributed by atoms with E-state index in [2.05, 4.69) is 0 Å². The Balaban J connectivity index is 2.99. The van der Waals surface area contributed by atoms with Gasteiger partial charge in [0.25, 0.3) is 10.1 Å². The van der Waals surface area contributed by atoms with Gasteiger partial charge in [-0.3, -0.25) is 4.55 Å². The maximum absolute atomic E-state index is 12.2. The van der Waals surface area contributed by atoms with Crippen LogP contribution in [0.2, 0.25) is 0 Å². The Labute approximate surface area is 167 Å². The molecule has 0 heterocycles. The van der Waals surface area contributed by atoms with Crippen molar-refractivity contribution in [3.8, 4) is 0 Å². The third-order valence-electron chi connectivity index (χ3n) is 3.89. The lowest BCUT2D eigenvalue weighted by molar-refractivity contribution is 0.0445. The van der Waals surface area contributed by atoms with E-state index in [1.807, 2.05) is 41.5 Å². The van der Waals surface area contributed by atoms with Gasteiger partial charge < -0.3 is 9.47 Å². The molecule has 1 aromatic rings. The van der Waals surface area contributed by atoms with E-state index >= 15 is 0 Å². The smallest absolute Gasteiger partial charge is 0.339 e. The molecule has 0 aromatic heterocycles. The lowest BCUT2D eigenvalue weighted by Crippen LogP contribution is -2.17. The molecule has 0 saturated heterocycles. The standard InChI is InChI=1S/C20H30O7S/c1-19(2,3)9-11-26-17(21)14-7-8-15(16(13-14)28(23,24)25)18(22)27-12-10-20(4,5)6/h7-8,13H,9-12H2,1-6H3,(H,23,24,25). The van der Waals surface area contributed by atoms with Gasteiger partial charge in [-0.1, -0.05) is 41.5 Å². The van der Waals surface area contributed by atoms with Crippen molar-refractivity contribution >= 4 is 22.1 Å². The molecule has 0 bridgehead atoms. The minimum Gasteiger partial charge on any atom is -0.462 e. The van der Waals surface area contributed by atoms with Crippen LogP contribution in [0.3, 0.4) is 0 Å². The van der Waals surface area contributed by atoms with E-state index in [1.54, 1.807) is 0 Å². The fourth-order valence-corrected chi connectivity index (χ4v) is 2.80. The quantitative estimate of drug-likeness (QED) is 0.528. The molecule has 1 aromatic carbocycles. The lowest BCUT2D eigenvalue weighted by atomic mass is 9.93. The van der Waals surface area contributed by atoms with Gasteiger partial charge in [0.05, 0.1) is 24.3 Å². The third kappa shape index (κ3) is 8.39. The highest BCUT2D eigenvalue weighted by molar-refractivity contribution is 7.86. The maximum Gasteiger partial charge on any atom is 0.339 e. The summed E-state index contributed by atoms with van der Waals surface area (Å²) in [5.41, 5.74) is -0.497. The summed E-state index contributed by atoms with van der Waals surface area (Å²) in [6.07, 6.45) is 1.21. The van der Waals surface area contributed by atoms with E-state index in [-0.39, 0.29) is 35.2 Å². The monoisotopic (exact) mass is 414 g/mol. The Morgan fingerprint density at radius 2 is 1.36 bits per heavy atom. The second-order valence-corrected chi connectivity index (χ2v) is 10.5. The van der Waals surface area contributed by atoms with Gasteiger partial charge in [-0.15, -0.1) is 0 Å². The third-order valence-corrected chi connectivity index (χ3v) is 4.78. The number of benzene rings is 1. The summed E-state index contributed by atoms with van der Waals surface area (Å²) in [5, 5.41) is 0. The molecule has 0 spiro atoms. The molecule has 1 rings (SSSR count). The SMILES string of the molecule is CC(C)(C)CCOC(=O)c1ccc(C(=O)OCCC(C)(C)C)c(S(=O)(=O)O)c1. The Kier molecular flexibility index (Phi) is 7.79. The van der Waals surface area contributed by atoms with Gasteiger partial charge in [0.15, 0.2) is 0 Å². The van der Waals surface area contributed by atoms with Crippen LogP contribution in [0.15, 0.2) is 23.1 Å². The topological polar surface area (TPSA) is 107 Å². The summed E-state index contributed by atoms with van der Waals surface area (Å²) < 4.78 is 43.1. The molecule has 8 heteroatoms. The summed E-state index contributed by atoms with van der Waals surface area (Å²) >= 11 is 0. The van der Waals surface area contributed by atoms with Crippen molar-refractivity contribution in [3.05, 3.63) is 29.3 Å². The van der Waals surface area contributed by atoms with Crippen molar-refractivity contribution in [3.63, 3.8) is 0 Å². The number of esters is 2. The summed E-state index contributed by atoms with van der Waals surface area (Å²) in [7, 11) is -4.74. The van der Waals surface area contributed by atoms with Crippen LogP contribution in [0.4, 0.5) is 0 Å². The first-order valence-electron chi connectivity index (χ1n) is 9.06. The zero-order valence-corrected chi connectivity index (χ0v) is 18.2. The molecule has 0 aliphatic carbocycles. The number of ether oxygens (including phenoxy) is 2. The maximum atomic E-state index is 12.2. The summed E-state index contributed by atoms with van der Waals surface area (Å²) in [4.78, 5) is 23.7. The molecular formula is C20H30O7S. The lowest BCUT2D eigenvalue weighted by Gasteiger charge is -2.18. The van der Waals surface area contributed by atoms with Gasteiger partial charge in [0.2, 0.25) is 0 Å². The van der Waals surface area contributed by atoms with Gasteiger partial charge in [-0.2, -0.15) is 8.42 Å². The fraction of sp³-hybridized carbons (Fsp3) is 0.600. The molecule has 0 atom stereocenters. The van der Waals surface area contributed by atoms with E-state index in [0.717, 1.165) is 12.1 Å². The summed E-state index contributed by atoms with van der Waals surface area (Å²) in [6, 6.07) is 3.34. The van der Waals surface area contributed by atoms with Crippen LogP contribution in [0.1, 0.15) is 75.1 Å². The number of carbonyl (C=O) groups is 2.